The van der Waals surface area contributed by atoms with Gasteiger partial charge in [-0.1, -0.05) is 18.2 Å². The lowest BCUT2D eigenvalue weighted by molar-refractivity contribution is 0.638. The Morgan fingerprint density at radius 1 is 1.21 bits per heavy atom. The molecule has 1 heteroatoms. The molecular weight excluding hydrogens is 170 g/mol. The maximum Gasteiger partial charge on any atom is 0.0205 e. The van der Waals surface area contributed by atoms with Gasteiger partial charge in [0, 0.05) is 6.54 Å². The second-order valence-corrected chi connectivity index (χ2v) is 4.49. The summed E-state index contributed by atoms with van der Waals surface area (Å²) in [5.74, 6) is 0.974. The topological polar surface area (TPSA) is 12.0 Å². The number of aryl methyl sites for hydroxylation is 2. The SMILES string of the molecule is Cc1ccc(CNCC2CC2)cc1C. The van der Waals surface area contributed by atoms with Crippen LogP contribution in [0.4, 0.5) is 0 Å². The highest BCUT2D eigenvalue weighted by Gasteiger charge is 2.19. The Morgan fingerprint density at radius 2 is 2.00 bits per heavy atom. The summed E-state index contributed by atoms with van der Waals surface area (Å²) in [5, 5.41) is 3.51. The van der Waals surface area contributed by atoms with Crippen LogP contribution in [0.3, 0.4) is 0 Å². The van der Waals surface area contributed by atoms with Crippen LogP contribution in [-0.4, -0.2) is 6.54 Å². The Labute approximate surface area is 86.5 Å². The Hall–Kier alpha value is -0.820. The molecule has 1 aromatic rings. The van der Waals surface area contributed by atoms with Crippen molar-refractivity contribution in [3.05, 3.63) is 34.9 Å². The van der Waals surface area contributed by atoms with Crippen molar-refractivity contribution in [2.45, 2.75) is 33.2 Å². The summed E-state index contributed by atoms with van der Waals surface area (Å²) in [6, 6.07) is 6.72. The third-order valence-electron chi connectivity index (χ3n) is 3.03. The molecule has 1 aromatic carbocycles. The van der Waals surface area contributed by atoms with Crippen LogP contribution in [0.5, 0.6) is 0 Å². The molecule has 0 atom stereocenters. The van der Waals surface area contributed by atoms with Gasteiger partial charge in [-0.15, -0.1) is 0 Å². The van der Waals surface area contributed by atoms with E-state index in [1.807, 2.05) is 0 Å². The summed E-state index contributed by atoms with van der Waals surface area (Å²) in [4.78, 5) is 0. The highest BCUT2D eigenvalue weighted by atomic mass is 14.9. The van der Waals surface area contributed by atoms with Gasteiger partial charge in [-0.2, -0.15) is 0 Å². The summed E-state index contributed by atoms with van der Waals surface area (Å²) < 4.78 is 0. The van der Waals surface area contributed by atoms with E-state index in [0.29, 0.717) is 0 Å². The maximum atomic E-state index is 3.51. The second kappa shape index (κ2) is 4.14. The lowest BCUT2D eigenvalue weighted by Crippen LogP contribution is -2.16. The molecule has 0 amide bonds. The Balaban J connectivity index is 1.85. The van der Waals surface area contributed by atoms with E-state index in [1.165, 1.54) is 36.1 Å². The predicted octanol–water partition coefficient (Wildman–Crippen LogP) is 2.80. The first-order chi connectivity index (χ1) is 6.75. The number of hydrogen-bond acceptors (Lipinski definition) is 1. The molecule has 0 radical (unpaired) electrons. The molecule has 0 aliphatic heterocycles. The van der Waals surface area contributed by atoms with Crippen LogP contribution in [0.1, 0.15) is 29.5 Å². The molecule has 76 valence electrons. The molecular formula is C13H19N. The van der Waals surface area contributed by atoms with E-state index in [4.69, 9.17) is 0 Å². The van der Waals surface area contributed by atoms with Crippen LogP contribution < -0.4 is 5.32 Å². The molecule has 1 aliphatic rings. The molecule has 0 aromatic heterocycles. The number of nitrogens with one attached hydrogen (secondary N) is 1. The van der Waals surface area contributed by atoms with Gasteiger partial charge in [0.25, 0.3) is 0 Å². The maximum absolute atomic E-state index is 3.51. The van der Waals surface area contributed by atoms with E-state index in [-0.39, 0.29) is 0 Å². The minimum absolute atomic E-state index is 0.974. The van der Waals surface area contributed by atoms with Gasteiger partial charge in [0.05, 0.1) is 0 Å². The second-order valence-electron chi connectivity index (χ2n) is 4.49. The van der Waals surface area contributed by atoms with Crippen molar-refractivity contribution >= 4 is 0 Å². The van der Waals surface area contributed by atoms with Crippen LogP contribution in [0.25, 0.3) is 0 Å². The first kappa shape index (κ1) is 9.72. The Morgan fingerprint density at radius 3 is 2.64 bits per heavy atom. The van der Waals surface area contributed by atoms with E-state index in [0.717, 1.165) is 12.5 Å². The zero-order valence-corrected chi connectivity index (χ0v) is 9.14. The van der Waals surface area contributed by atoms with Crippen molar-refractivity contribution in [1.82, 2.24) is 5.32 Å². The van der Waals surface area contributed by atoms with Crippen molar-refractivity contribution in [3.8, 4) is 0 Å². The van der Waals surface area contributed by atoms with Crippen LogP contribution in [-0.2, 0) is 6.54 Å². The van der Waals surface area contributed by atoms with Crippen LogP contribution in [0, 0.1) is 19.8 Å². The molecule has 0 saturated heterocycles. The van der Waals surface area contributed by atoms with Crippen molar-refractivity contribution in [2.75, 3.05) is 6.54 Å². The van der Waals surface area contributed by atoms with Crippen LogP contribution in [0.15, 0.2) is 18.2 Å². The Bertz CT molecular complexity index is 313. The normalized spacial score (nSPS) is 15.9. The lowest BCUT2D eigenvalue weighted by atomic mass is 10.1. The average molecular weight is 189 g/mol. The summed E-state index contributed by atoms with van der Waals surface area (Å²) in [6.07, 6.45) is 2.86. The first-order valence-corrected chi connectivity index (χ1v) is 5.52. The van der Waals surface area contributed by atoms with Gasteiger partial charge in [0.2, 0.25) is 0 Å². The van der Waals surface area contributed by atoms with Gasteiger partial charge >= 0.3 is 0 Å². The van der Waals surface area contributed by atoms with E-state index >= 15 is 0 Å². The highest BCUT2D eigenvalue weighted by Crippen LogP contribution is 2.27. The Kier molecular flexibility index (Phi) is 2.87. The average Bonchev–Trinajstić information content (AvgIpc) is 2.95. The molecule has 0 unspecified atom stereocenters. The quantitative estimate of drug-likeness (QED) is 0.768. The molecule has 0 heterocycles. The zero-order chi connectivity index (χ0) is 9.97. The standard InChI is InChI=1S/C13H19N/c1-10-3-4-13(7-11(10)2)9-14-8-12-5-6-12/h3-4,7,12,14H,5-6,8-9H2,1-2H3. The molecule has 0 spiro atoms. The van der Waals surface area contributed by atoms with Gasteiger partial charge in [-0.05, 0) is 55.8 Å². The summed E-state index contributed by atoms with van der Waals surface area (Å²) in [6.45, 7) is 6.57. The van der Waals surface area contributed by atoms with Crippen molar-refractivity contribution in [2.24, 2.45) is 5.92 Å². The molecule has 1 saturated carbocycles. The van der Waals surface area contributed by atoms with Crippen LogP contribution >= 0.6 is 0 Å². The number of benzene rings is 1. The van der Waals surface area contributed by atoms with E-state index in [1.54, 1.807) is 0 Å². The van der Waals surface area contributed by atoms with Crippen molar-refractivity contribution in [1.29, 1.82) is 0 Å². The molecule has 1 fully saturated rings. The van der Waals surface area contributed by atoms with E-state index in [9.17, 15) is 0 Å². The van der Waals surface area contributed by atoms with Crippen molar-refractivity contribution < 1.29 is 0 Å². The number of rotatable bonds is 4. The van der Waals surface area contributed by atoms with Crippen molar-refractivity contribution in [3.63, 3.8) is 0 Å². The zero-order valence-electron chi connectivity index (χ0n) is 9.14. The van der Waals surface area contributed by atoms with E-state index < -0.39 is 0 Å². The van der Waals surface area contributed by atoms with Gasteiger partial charge in [0.15, 0.2) is 0 Å². The molecule has 1 N–H and O–H groups in total. The fourth-order valence-electron chi connectivity index (χ4n) is 1.66. The van der Waals surface area contributed by atoms with Gasteiger partial charge in [-0.25, -0.2) is 0 Å². The summed E-state index contributed by atoms with van der Waals surface area (Å²) in [5.41, 5.74) is 4.19. The third-order valence-corrected chi connectivity index (χ3v) is 3.03. The molecule has 2 rings (SSSR count). The minimum atomic E-state index is 0.974. The molecule has 14 heavy (non-hydrogen) atoms. The monoisotopic (exact) mass is 189 g/mol. The summed E-state index contributed by atoms with van der Waals surface area (Å²) >= 11 is 0. The number of hydrogen-bond donors (Lipinski definition) is 1. The molecule has 1 nitrogen and oxygen atoms in total. The highest BCUT2D eigenvalue weighted by molar-refractivity contribution is 5.29. The third kappa shape index (κ3) is 2.58. The smallest absolute Gasteiger partial charge is 0.0205 e. The van der Waals surface area contributed by atoms with Gasteiger partial charge in [-0.3, -0.25) is 0 Å². The fraction of sp³-hybridized carbons (Fsp3) is 0.538. The van der Waals surface area contributed by atoms with Gasteiger partial charge < -0.3 is 5.32 Å². The van der Waals surface area contributed by atoms with Gasteiger partial charge in [0.1, 0.15) is 0 Å². The fourth-order valence-corrected chi connectivity index (χ4v) is 1.66. The summed E-state index contributed by atoms with van der Waals surface area (Å²) in [7, 11) is 0. The largest absolute Gasteiger partial charge is 0.312 e. The van der Waals surface area contributed by atoms with E-state index in [2.05, 4.69) is 37.4 Å². The molecule has 0 bridgehead atoms. The van der Waals surface area contributed by atoms with Crippen LogP contribution in [0.2, 0.25) is 0 Å². The lowest BCUT2D eigenvalue weighted by Gasteiger charge is -2.06. The predicted molar refractivity (Wildman–Crippen MR) is 60.3 cm³/mol. The molecule has 1 aliphatic carbocycles. The minimum Gasteiger partial charge on any atom is -0.312 e. The first-order valence-electron chi connectivity index (χ1n) is 5.52.